The maximum atomic E-state index is 12.2. The summed E-state index contributed by atoms with van der Waals surface area (Å²) < 4.78 is 6.58. The fourth-order valence-corrected chi connectivity index (χ4v) is 2.90. The zero-order chi connectivity index (χ0) is 18.0. The Balaban J connectivity index is 1.65. The second-order valence-corrected chi connectivity index (χ2v) is 6.60. The van der Waals surface area contributed by atoms with E-state index in [0.717, 1.165) is 5.56 Å². The minimum Gasteiger partial charge on any atom is -0.408 e. The molecule has 0 spiro atoms. The van der Waals surface area contributed by atoms with Gasteiger partial charge in [0.05, 0.1) is 11.6 Å². The molecule has 1 N–H and O–H groups in total. The van der Waals surface area contributed by atoms with Crippen LogP contribution in [0.3, 0.4) is 0 Å². The SMILES string of the molecule is C[C@H](NC(=O)CCn1c(=O)oc2cc(Cl)ccc21)c1ccc(Cl)cc1. The molecule has 0 fully saturated rings. The molecule has 0 saturated heterocycles. The van der Waals surface area contributed by atoms with Crippen molar-refractivity contribution in [1.82, 2.24) is 9.88 Å². The summed E-state index contributed by atoms with van der Waals surface area (Å²) in [5.41, 5.74) is 1.98. The fraction of sp³-hybridized carbons (Fsp3) is 0.222. The molecule has 0 aliphatic heterocycles. The van der Waals surface area contributed by atoms with Gasteiger partial charge < -0.3 is 9.73 Å². The lowest BCUT2D eigenvalue weighted by Gasteiger charge is -2.14. The van der Waals surface area contributed by atoms with E-state index in [2.05, 4.69) is 5.32 Å². The first-order chi connectivity index (χ1) is 11.9. The fourth-order valence-electron chi connectivity index (χ4n) is 2.61. The molecule has 1 amide bonds. The second-order valence-electron chi connectivity index (χ2n) is 5.72. The number of aromatic nitrogens is 1. The van der Waals surface area contributed by atoms with E-state index in [0.29, 0.717) is 21.1 Å². The number of carbonyl (C=O) groups is 1. The van der Waals surface area contributed by atoms with E-state index in [1.54, 1.807) is 30.3 Å². The lowest BCUT2D eigenvalue weighted by molar-refractivity contribution is -0.121. The molecule has 3 rings (SSSR count). The van der Waals surface area contributed by atoms with Crippen LogP contribution in [0, 0.1) is 0 Å². The number of halogens is 2. The van der Waals surface area contributed by atoms with Crippen LogP contribution in [-0.2, 0) is 11.3 Å². The lowest BCUT2D eigenvalue weighted by Crippen LogP contribution is -2.28. The molecule has 3 aromatic rings. The maximum Gasteiger partial charge on any atom is 0.419 e. The molecule has 25 heavy (non-hydrogen) atoms. The van der Waals surface area contributed by atoms with Crippen molar-refractivity contribution in [2.45, 2.75) is 25.9 Å². The third kappa shape index (κ3) is 4.06. The molecule has 5 nitrogen and oxygen atoms in total. The van der Waals surface area contributed by atoms with Crippen molar-refractivity contribution in [2.24, 2.45) is 0 Å². The summed E-state index contributed by atoms with van der Waals surface area (Å²) in [4.78, 5) is 24.1. The number of fused-ring (bicyclic) bond motifs is 1. The molecule has 2 aromatic carbocycles. The Bertz CT molecular complexity index is 961. The van der Waals surface area contributed by atoms with Crippen LogP contribution in [0.2, 0.25) is 10.0 Å². The highest BCUT2D eigenvalue weighted by Crippen LogP contribution is 2.19. The number of hydrogen-bond donors (Lipinski definition) is 1. The Hall–Kier alpha value is -2.24. The topological polar surface area (TPSA) is 64.2 Å². The summed E-state index contributed by atoms with van der Waals surface area (Å²) in [6.45, 7) is 2.12. The molecule has 7 heteroatoms. The molecule has 1 heterocycles. The third-order valence-corrected chi connectivity index (χ3v) is 4.43. The Labute approximate surface area is 154 Å². The van der Waals surface area contributed by atoms with Gasteiger partial charge >= 0.3 is 5.76 Å². The van der Waals surface area contributed by atoms with Crippen molar-refractivity contribution in [3.05, 3.63) is 68.6 Å². The molecule has 0 radical (unpaired) electrons. The molecule has 0 bridgehead atoms. The van der Waals surface area contributed by atoms with Gasteiger partial charge in [-0.05, 0) is 36.8 Å². The highest BCUT2D eigenvalue weighted by atomic mass is 35.5. The van der Waals surface area contributed by atoms with E-state index in [-0.39, 0.29) is 24.9 Å². The molecule has 0 aliphatic carbocycles. The van der Waals surface area contributed by atoms with Gasteiger partial charge in [0, 0.05) is 29.1 Å². The summed E-state index contributed by atoms with van der Waals surface area (Å²) in [5, 5.41) is 4.04. The number of nitrogens with one attached hydrogen (secondary N) is 1. The number of nitrogens with zero attached hydrogens (tertiary/aromatic N) is 1. The predicted molar refractivity (Wildman–Crippen MR) is 98.1 cm³/mol. The minimum atomic E-state index is -0.504. The van der Waals surface area contributed by atoms with Crippen molar-refractivity contribution in [3.63, 3.8) is 0 Å². The highest BCUT2D eigenvalue weighted by Gasteiger charge is 2.13. The van der Waals surface area contributed by atoms with Gasteiger partial charge in [-0.1, -0.05) is 35.3 Å². The van der Waals surface area contributed by atoms with Crippen LogP contribution in [0.15, 0.2) is 51.7 Å². The normalized spacial score (nSPS) is 12.3. The van der Waals surface area contributed by atoms with E-state index in [4.69, 9.17) is 27.6 Å². The number of aryl methyl sites for hydroxylation is 1. The third-order valence-electron chi connectivity index (χ3n) is 3.94. The summed E-state index contributed by atoms with van der Waals surface area (Å²) >= 11 is 11.8. The largest absolute Gasteiger partial charge is 0.419 e. The van der Waals surface area contributed by atoms with Gasteiger partial charge in [-0.3, -0.25) is 9.36 Å². The van der Waals surface area contributed by atoms with Crippen LogP contribution in [0.4, 0.5) is 0 Å². The zero-order valence-electron chi connectivity index (χ0n) is 13.5. The van der Waals surface area contributed by atoms with Crippen molar-refractivity contribution in [2.75, 3.05) is 0 Å². The van der Waals surface area contributed by atoms with Crippen molar-refractivity contribution < 1.29 is 9.21 Å². The van der Waals surface area contributed by atoms with Crippen molar-refractivity contribution >= 4 is 40.2 Å². The van der Waals surface area contributed by atoms with Gasteiger partial charge in [-0.15, -0.1) is 0 Å². The van der Waals surface area contributed by atoms with Crippen LogP contribution in [0.5, 0.6) is 0 Å². The zero-order valence-corrected chi connectivity index (χ0v) is 15.0. The van der Waals surface area contributed by atoms with Crippen LogP contribution >= 0.6 is 23.2 Å². The highest BCUT2D eigenvalue weighted by molar-refractivity contribution is 6.31. The van der Waals surface area contributed by atoms with Gasteiger partial charge in [-0.2, -0.15) is 0 Å². The van der Waals surface area contributed by atoms with Gasteiger partial charge in [0.1, 0.15) is 0 Å². The summed E-state index contributed by atoms with van der Waals surface area (Å²) in [6.07, 6.45) is 0.162. The molecule has 0 saturated carbocycles. The summed E-state index contributed by atoms with van der Waals surface area (Å²) in [7, 11) is 0. The van der Waals surface area contributed by atoms with E-state index < -0.39 is 5.76 Å². The molecule has 1 atom stereocenters. The average Bonchev–Trinajstić information content (AvgIpc) is 2.87. The standard InChI is InChI=1S/C18H16Cl2N2O3/c1-11(12-2-4-13(19)5-3-12)21-17(23)8-9-22-15-7-6-14(20)10-16(15)25-18(22)24/h2-7,10-11H,8-9H2,1H3,(H,21,23)/t11-/m0/s1. The quantitative estimate of drug-likeness (QED) is 0.724. The smallest absolute Gasteiger partial charge is 0.408 e. The van der Waals surface area contributed by atoms with Gasteiger partial charge in [0.25, 0.3) is 0 Å². The van der Waals surface area contributed by atoms with Crippen LogP contribution in [-0.4, -0.2) is 10.5 Å². The number of oxazole rings is 1. The first kappa shape index (κ1) is 17.6. The summed E-state index contributed by atoms with van der Waals surface area (Å²) in [5.74, 6) is -0.659. The van der Waals surface area contributed by atoms with E-state index in [1.807, 2.05) is 19.1 Å². The van der Waals surface area contributed by atoms with E-state index >= 15 is 0 Å². The van der Waals surface area contributed by atoms with E-state index in [1.165, 1.54) is 4.57 Å². The molecule has 0 aliphatic rings. The van der Waals surface area contributed by atoms with Crippen LogP contribution in [0.1, 0.15) is 24.9 Å². The van der Waals surface area contributed by atoms with Gasteiger partial charge in [0.15, 0.2) is 5.58 Å². The Morgan fingerprint density at radius 3 is 2.56 bits per heavy atom. The lowest BCUT2D eigenvalue weighted by atomic mass is 10.1. The second kappa shape index (κ2) is 7.33. The average molecular weight is 379 g/mol. The van der Waals surface area contributed by atoms with Gasteiger partial charge in [-0.25, -0.2) is 4.79 Å². The molecule has 1 aromatic heterocycles. The number of carbonyl (C=O) groups excluding carboxylic acids is 1. The number of benzene rings is 2. The van der Waals surface area contributed by atoms with E-state index in [9.17, 15) is 9.59 Å². The minimum absolute atomic E-state index is 0.151. The van der Waals surface area contributed by atoms with Crippen LogP contribution < -0.4 is 11.1 Å². The molecular formula is C18H16Cl2N2O3. The number of hydrogen-bond acceptors (Lipinski definition) is 3. The first-order valence-electron chi connectivity index (χ1n) is 7.78. The molecule has 0 unspecified atom stereocenters. The number of rotatable bonds is 5. The Morgan fingerprint density at radius 1 is 1.16 bits per heavy atom. The van der Waals surface area contributed by atoms with Crippen molar-refractivity contribution in [1.29, 1.82) is 0 Å². The molecular weight excluding hydrogens is 363 g/mol. The number of amides is 1. The molecule has 130 valence electrons. The van der Waals surface area contributed by atoms with Crippen molar-refractivity contribution in [3.8, 4) is 0 Å². The summed E-state index contributed by atoms with van der Waals surface area (Å²) in [6, 6.07) is 12.1. The predicted octanol–water partition coefficient (Wildman–Crippen LogP) is 4.17. The first-order valence-corrected chi connectivity index (χ1v) is 8.53. The van der Waals surface area contributed by atoms with Crippen LogP contribution in [0.25, 0.3) is 11.1 Å². The van der Waals surface area contributed by atoms with Gasteiger partial charge in [0.2, 0.25) is 5.91 Å². The monoisotopic (exact) mass is 378 g/mol. The Kier molecular flexibility index (Phi) is 5.16. The Morgan fingerprint density at radius 2 is 1.84 bits per heavy atom. The maximum absolute atomic E-state index is 12.2.